The Morgan fingerprint density at radius 2 is 2.12 bits per heavy atom. The van der Waals surface area contributed by atoms with Crippen LogP contribution in [0.15, 0.2) is 18.2 Å². The van der Waals surface area contributed by atoms with Gasteiger partial charge in [-0.05, 0) is 31.0 Å². The number of H-pyrrole nitrogens is 1. The van der Waals surface area contributed by atoms with Crippen LogP contribution in [0.2, 0.25) is 0 Å². The molecule has 4 nitrogen and oxygen atoms in total. The number of nitrogens with one attached hydrogen (secondary N) is 1. The Bertz CT molecular complexity index is 503. The van der Waals surface area contributed by atoms with E-state index in [1.165, 1.54) is 0 Å². The number of carbonyl (C=O) groups is 1. The Kier molecular flexibility index (Phi) is 4.69. The molecule has 0 fully saturated rings. The van der Waals surface area contributed by atoms with Gasteiger partial charge in [-0.25, -0.2) is 4.98 Å². The summed E-state index contributed by atoms with van der Waals surface area (Å²) in [5.41, 5.74) is 2.91. The summed E-state index contributed by atoms with van der Waals surface area (Å²) in [4.78, 5) is 17.8. The van der Waals surface area contributed by atoms with Gasteiger partial charge in [0.15, 0.2) is 0 Å². The van der Waals surface area contributed by atoms with Gasteiger partial charge < -0.3 is 10.1 Å². The fourth-order valence-electron chi connectivity index (χ4n) is 1.59. The second kappa shape index (κ2) is 6.03. The van der Waals surface area contributed by atoms with Crippen LogP contribution in [0.25, 0.3) is 11.0 Å². The number of rotatable bonds is 3. The molecule has 0 spiro atoms. The molecule has 0 aliphatic carbocycles. The maximum absolute atomic E-state index is 10.4. The molecule has 0 saturated carbocycles. The van der Waals surface area contributed by atoms with Crippen molar-refractivity contribution in [1.29, 1.82) is 0 Å². The number of carboxylic acids is 1. The van der Waals surface area contributed by atoms with Crippen molar-refractivity contribution in [1.82, 2.24) is 9.97 Å². The van der Waals surface area contributed by atoms with Gasteiger partial charge in [-0.3, -0.25) is 4.79 Å². The molecule has 2 rings (SSSR count). The Morgan fingerprint density at radius 3 is 2.76 bits per heavy atom. The second-order valence-corrected chi connectivity index (χ2v) is 3.57. The summed E-state index contributed by atoms with van der Waals surface area (Å²) in [6.45, 7) is 5.90. The lowest BCUT2D eigenvalue weighted by molar-refractivity contribution is -0.136. The van der Waals surface area contributed by atoms with Crippen molar-refractivity contribution in [3.05, 3.63) is 29.6 Å². The fourth-order valence-corrected chi connectivity index (χ4v) is 1.59. The van der Waals surface area contributed by atoms with Crippen molar-refractivity contribution in [2.24, 2.45) is 0 Å². The van der Waals surface area contributed by atoms with Crippen molar-refractivity contribution in [2.45, 2.75) is 33.6 Å². The van der Waals surface area contributed by atoms with Crippen LogP contribution < -0.4 is 0 Å². The highest BCUT2D eigenvalue weighted by atomic mass is 16.4. The van der Waals surface area contributed by atoms with Crippen LogP contribution in [0, 0.1) is 6.92 Å². The minimum atomic E-state index is -0.768. The van der Waals surface area contributed by atoms with Crippen LogP contribution in [0.4, 0.5) is 0 Å². The summed E-state index contributed by atoms with van der Waals surface area (Å²) < 4.78 is 0. The van der Waals surface area contributed by atoms with E-state index >= 15 is 0 Å². The molecule has 0 atom stereocenters. The number of imidazole rings is 1. The highest BCUT2D eigenvalue weighted by molar-refractivity contribution is 5.76. The first-order chi connectivity index (χ1) is 8.15. The van der Waals surface area contributed by atoms with Crippen LogP contribution in [0.5, 0.6) is 0 Å². The molecule has 92 valence electrons. The predicted molar refractivity (Wildman–Crippen MR) is 68.1 cm³/mol. The summed E-state index contributed by atoms with van der Waals surface area (Å²) in [5, 5.41) is 8.57. The molecule has 0 saturated heterocycles. The largest absolute Gasteiger partial charge is 0.481 e. The highest BCUT2D eigenvalue weighted by Gasteiger charge is 2.02. The van der Waals surface area contributed by atoms with Crippen LogP contribution in [0.1, 0.15) is 31.7 Å². The molecule has 1 aromatic carbocycles. The van der Waals surface area contributed by atoms with E-state index in [9.17, 15) is 4.79 Å². The topological polar surface area (TPSA) is 66.0 Å². The van der Waals surface area contributed by atoms with Crippen LogP contribution in [-0.4, -0.2) is 21.0 Å². The smallest absolute Gasteiger partial charge is 0.303 e. The van der Waals surface area contributed by atoms with Crippen LogP contribution in [-0.2, 0) is 11.2 Å². The Morgan fingerprint density at radius 1 is 1.41 bits per heavy atom. The number of nitrogens with zero attached hydrogens (tertiary/aromatic N) is 1. The Hall–Kier alpha value is -1.84. The number of hydrogen-bond acceptors (Lipinski definition) is 2. The van der Waals surface area contributed by atoms with Gasteiger partial charge in [-0.2, -0.15) is 0 Å². The van der Waals surface area contributed by atoms with Gasteiger partial charge in [-0.1, -0.05) is 19.9 Å². The zero-order valence-electron chi connectivity index (χ0n) is 10.4. The van der Waals surface area contributed by atoms with E-state index in [1.54, 1.807) is 0 Å². The maximum Gasteiger partial charge on any atom is 0.303 e. The van der Waals surface area contributed by atoms with E-state index < -0.39 is 5.97 Å². The SMILES string of the molecule is CC.Cc1nc2ccc(CCC(=O)O)cc2[nH]1. The zero-order valence-corrected chi connectivity index (χ0v) is 10.4. The van der Waals surface area contributed by atoms with Crippen LogP contribution in [0.3, 0.4) is 0 Å². The van der Waals surface area contributed by atoms with E-state index in [0.717, 1.165) is 22.4 Å². The third-order valence-electron chi connectivity index (χ3n) is 2.29. The summed E-state index contributed by atoms with van der Waals surface area (Å²) in [5.74, 6) is 0.108. The minimum Gasteiger partial charge on any atom is -0.481 e. The summed E-state index contributed by atoms with van der Waals surface area (Å²) in [7, 11) is 0. The van der Waals surface area contributed by atoms with Gasteiger partial charge in [0.05, 0.1) is 11.0 Å². The van der Waals surface area contributed by atoms with E-state index in [4.69, 9.17) is 5.11 Å². The molecular formula is C13H18N2O2. The lowest BCUT2D eigenvalue weighted by Gasteiger charge is -1.97. The standard InChI is InChI=1S/C11H12N2O2.C2H6/c1-7-12-9-4-2-8(3-5-11(14)15)6-10(9)13-7;1-2/h2,4,6H,3,5H2,1H3,(H,12,13)(H,14,15);1-2H3. The summed E-state index contributed by atoms with van der Waals surface area (Å²) in [6, 6.07) is 5.79. The quantitative estimate of drug-likeness (QED) is 0.858. The molecule has 0 amide bonds. The van der Waals surface area contributed by atoms with Crippen molar-refractivity contribution in [3.63, 3.8) is 0 Å². The van der Waals surface area contributed by atoms with E-state index in [1.807, 2.05) is 39.0 Å². The predicted octanol–water partition coefficient (Wildman–Crippen LogP) is 2.91. The molecule has 0 radical (unpaired) electrons. The zero-order chi connectivity index (χ0) is 12.8. The molecule has 1 heterocycles. The van der Waals surface area contributed by atoms with Gasteiger partial charge in [-0.15, -0.1) is 0 Å². The van der Waals surface area contributed by atoms with Gasteiger partial charge in [0.2, 0.25) is 0 Å². The average Bonchev–Trinajstić information content (AvgIpc) is 2.68. The maximum atomic E-state index is 10.4. The first-order valence-electron chi connectivity index (χ1n) is 5.82. The van der Waals surface area contributed by atoms with Gasteiger partial charge >= 0.3 is 5.97 Å². The summed E-state index contributed by atoms with van der Waals surface area (Å²) >= 11 is 0. The van der Waals surface area contributed by atoms with Crippen LogP contribution >= 0.6 is 0 Å². The Balaban J connectivity index is 0.000000686. The minimum absolute atomic E-state index is 0.165. The number of carboxylic acid groups (broad SMARTS) is 1. The monoisotopic (exact) mass is 234 g/mol. The number of aryl methyl sites for hydroxylation is 2. The molecule has 1 aromatic heterocycles. The molecule has 0 unspecified atom stereocenters. The first kappa shape index (κ1) is 13.2. The molecule has 2 N–H and O–H groups in total. The fraction of sp³-hybridized carbons (Fsp3) is 0.385. The van der Waals surface area contributed by atoms with Gasteiger partial charge in [0, 0.05) is 6.42 Å². The van der Waals surface area contributed by atoms with Gasteiger partial charge in [0.25, 0.3) is 0 Å². The van der Waals surface area contributed by atoms with E-state index in [0.29, 0.717) is 6.42 Å². The average molecular weight is 234 g/mol. The molecular weight excluding hydrogens is 216 g/mol. The number of hydrogen-bond donors (Lipinski definition) is 2. The molecule has 0 aliphatic rings. The Labute approximate surface area is 101 Å². The number of aliphatic carboxylic acids is 1. The molecule has 17 heavy (non-hydrogen) atoms. The third-order valence-corrected chi connectivity index (χ3v) is 2.29. The molecule has 2 aromatic rings. The lowest BCUT2D eigenvalue weighted by atomic mass is 10.1. The summed E-state index contributed by atoms with van der Waals surface area (Å²) in [6.07, 6.45) is 0.724. The van der Waals surface area contributed by atoms with Gasteiger partial charge in [0.1, 0.15) is 5.82 Å². The third kappa shape index (κ3) is 3.59. The second-order valence-electron chi connectivity index (χ2n) is 3.57. The number of benzene rings is 1. The van der Waals surface area contributed by atoms with Crippen molar-refractivity contribution >= 4 is 17.0 Å². The number of aromatic amines is 1. The number of fused-ring (bicyclic) bond motifs is 1. The molecule has 4 heteroatoms. The number of aromatic nitrogens is 2. The first-order valence-corrected chi connectivity index (χ1v) is 5.82. The van der Waals surface area contributed by atoms with E-state index in [2.05, 4.69) is 9.97 Å². The normalized spacial score (nSPS) is 9.82. The van der Waals surface area contributed by atoms with Crippen molar-refractivity contribution in [3.8, 4) is 0 Å². The molecule has 0 bridgehead atoms. The van der Waals surface area contributed by atoms with E-state index in [-0.39, 0.29) is 6.42 Å². The highest BCUT2D eigenvalue weighted by Crippen LogP contribution is 2.14. The lowest BCUT2D eigenvalue weighted by Crippen LogP contribution is -1.97. The van der Waals surface area contributed by atoms with Crippen molar-refractivity contribution < 1.29 is 9.90 Å². The van der Waals surface area contributed by atoms with Crippen molar-refractivity contribution in [2.75, 3.05) is 0 Å². The molecule has 0 aliphatic heterocycles.